The van der Waals surface area contributed by atoms with Crippen LogP contribution in [0.25, 0.3) is 0 Å². The molecule has 1 atom stereocenters. The lowest BCUT2D eigenvalue weighted by Crippen LogP contribution is -2.56. The van der Waals surface area contributed by atoms with Gasteiger partial charge in [-0.25, -0.2) is 0 Å². The van der Waals surface area contributed by atoms with E-state index in [1.807, 2.05) is 0 Å². The second-order valence-corrected chi connectivity index (χ2v) is 9.28. The maximum atomic E-state index is 12.3. The molecule has 0 spiro atoms. The number of nitrogens with zero attached hydrogens (tertiary/aromatic N) is 2. The molecule has 132 valence electrons. The van der Waals surface area contributed by atoms with Crippen LogP contribution in [0.2, 0.25) is 0 Å². The molecule has 4 aliphatic carbocycles. The second kappa shape index (κ2) is 6.36. The molecule has 0 aliphatic heterocycles. The Morgan fingerprint density at radius 3 is 2.46 bits per heavy atom. The molecular formula is C18H27N3O2S. The zero-order valence-electron chi connectivity index (χ0n) is 14.6. The van der Waals surface area contributed by atoms with E-state index < -0.39 is 0 Å². The van der Waals surface area contributed by atoms with Gasteiger partial charge in [-0.05, 0) is 68.6 Å². The van der Waals surface area contributed by atoms with Crippen LogP contribution in [0.1, 0.15) is 57.2 Å². The number of carbonyl (C=O) groups excluding carboxylic acids is 1. The van der Waals surface area contributed by atoms with Gasteiger partial charge in [-0.2, -0.15) is 4.98 Å². The first-order chi connectivity index (χ1) is 11.5. The van der Waals surface area contributed by atoms with Crippen LogP contribution in [0.4, 0.5) is 0 Å². The van der Waals surface area contributed by atoms with E-state index in [0.29, 0.717) is 34.7 Å². The first kappa shape index (κ1) is 16.4. The predicted octanol–water partition coefficient (Wildman–Crippen LogP) is 3.33. The van der Waals surface area contributed by atoms with Gasteiger partial charge < -0.3 is 9.84 Å². The fourth-order valence-electron chi connectivity index (χ4n) is 5.78. The predicted molar refractivity (Wildman–Crippen MR) is 93.4 cm³/mol. The Morgan fingerprint density at radius 1 is 1.29 bits per heavy atom. The summed E-state index contributed by atoms with van der Waals surface area (Å²) in [5.74, 6) is 5.23. The van der Waals surface area contributed by atoms with Crippen LogP contribution >= 0.6 is 11.8 Å². The van der Waals surface area contributed by atoms with E-state index in [1.54, 1.807) is 18.7 Å². The summed E-state index contributed by atoms with van der Waals surface area (Å²) >= 11 is 1.55. The molecule has 0 saturated heterocycles. The summed E-state index contributed by atoms with van der Waals surface area (Å²) < 4.78 is 4.95. The maximum Gasteiger partial charge on any atom is 0.230 e. The molecule has 5 nitrogen and oxygen atoms in total. The van der Waals surface area contributed by atoms with Crippen molar-refractivity contribution < 1.29 is 9.32 Å². The molecule has 1 amide bonds. The van der Waals surface area contributed by atoms with Crippen molar-refractivity contribution in [3.05, 3.63) is 11.7 Å². The standard InChI is InChI=1S/C18H27N3O2S/c1-11(18-6-13-3-14(7-18)5-15(4-13)8-18)19-17(22)10-24-9-16-20-12(2)23-21-16/h11,13-15H,3-10H2,1-2H3,(H,19,22)/t11-,13?,14?,15?,18?/m1/s1. The van der Waals surface area contributed by atoms with E-state index >= 15 is 0 Å². The van der Waals surface area contributed by atoms with Crippen LogP contribution in [-0.2, 0) is 10.5 Å². The van der Waals surface area contributed by atoms with Crippen LogP contribution in [0, 0.1) is 30.1 Å². The molecule has 4 saturated carbocycles. The third kappa shape index (κ3) is 3.22. The van der Waals surface area contributed by atoms with Gasteiger partial charge in [0.25, 0.3) is 0 Å². The largest absolute Gasteiger partial charge is 0.352 e. The van der Waals surface area contributed by atoms with Gasteiger partial charge in [0.2, 0.25) is 11.8 Å². The van der Waals surface area contributed by atoms with E-state index in [-0.39, 0.29) is 5.91 Å². The Balaban J connectivity index is 1.28. The Kier molecular flexibility index (Phi) is 4.35. The summed E-state index contributed by atoms with van der Waals surface area (Å²) in [6, 6.07) is 0.298. The molecule has 1 heterocycles. The minimum absolute atomic E-state index is 0.142. The van der Waals surface area contributed by atoms with Gasteiger partial charge in [0.15, 0.2) is 5.82 Å². The highest BCUT2D eigenvalue weighted by Crippen LogP contribution is 2.61. The highest BCUT2D eigenvalue weighted by atomic mass is 32.2. The molecule has 4 bridgehead atoms. The molecule has 1 aromatic rings. The van der Waals surface area contributed by atoms with E-state index in [9.17, 15) is 4.79 Å². The molecule has 4 fully saturated rings. The quantitative estimate of drug-likeness (QED) is 0.853. The van der Waals surface area contributed by atoms with Crippen molar-refractivity contribution in [2.45, 2.75) is 64.2 Å². The average Bonchev–Trinajstić information content (AvgIpc) is 2.91. The second-order valence-electron chi connectivity index (χ2n) is 8.29. The van der Waals surface area contributed by atoms with Crippen molar-refractivity contribution in [1.82, 2.24) is 15.5 Å². The fourth-order valence-corrected chi connectivity index (χ4v) is 6.45. The first-order valence-electron chi connectivity index (χ1n) is 9.19. The Bertz CT molecular complexity index is 580. The number of nitrogens with one attached hydrogen (secondary N) is 1. The third-order valence-electron chi connectivity index (χ3n) is 6.42. The molecule has 24 heavy (non-hydrogen) atoms. The zero-order valence-corrected chi connectivity index (χ0v) is 15.4. The van der Waals surface area contributed by atoms with Crippen LogP contribution in [0.3, 0.4) is 0 Å². The molecular weight excluding hydrogens is 322 g/mol. The summed E-state index contributed by atoms with van der Waals surface area (Å²) in [4.78, 5) is 16.5. The van der Waals surface area contributed by atoms with Crippen molar-refractivity contribution in [2.75, 3.05) is 5.75 Å². The van der Waals surface area contributed by atoms with Crippen LogP contribution in [0.15, 0.2) is 4.52 Å². The van der Waals surface area contributed by atoms with Crippen LogP contribution in [-0.4, -0.2) is 27.8 Å². The molecule has 0 unspecified atom stereocenters. The number of amides is 1. The Hall–Kier alpha value is -1.04. The number of aromatic nitrogens is 2. The normalized spacial score (nSPS) is 35.2. The maximum absolute atomic E-state index is 12.3. The number of rotatable bonds is 6. The molecule has 1 N–H and O–H groups in total. The number of thioether (sulfide) groups is 1. The minimum Gasteiger partial charge on any atom is -0.352 e. The lowest BCUT2D eigenvalue weighted by atomic mass is 9.48. The van der Waals surface area contributed by atoms with E-state index in [4.69, 9.17) is 4.52 Å². The molecule has 0 radical (unpaired) electrons. The number of carbonyl (C=O) groups is 1. The highest BCUT2D eigenvalue weighted by Gasteiger charge is 2.53. The number of hydrogen-bond donors (Lipinski definition) is 1. The van der Waals surface area contributed by atoms with E-state index in [2.05, 4.69) is 22.4 Å². The molecule has 4 aliphatic rings. The van der Waals surface area contributed by atoms with Gasteiger partial charge in [-0.15, -0.1) is 11.8 Å². The van der Waals surface area contributed by atoms with Crippen molar-refractivity contribution in [1.29, 1.82) is 0 Å². The Morgan fingerprint density at radius 2 is 1.92 bits per heavy atom. The van der Waals surface area contributed by atoms with Gasteiger partial charge in [0.05, 0.1) is 11.5 Å². The van der Waals surface area contributed by atoms with Gasteiger partial charge in [0.1, 0.15) is 0 Å². The first-order valence-corrected chi connectivity index (χ1v) is 10.3. The lowest BCUT2D eigenvalue weighted by Gasteiger charge is -2.59. The van der Waals surface area contributed by atoms with Crippen molar-refractivity contribution in [3.8, 4) is 0 Å². The van der Waals surface area contributed by atoms with E-state index in [1.165, 1.54) is 38.5 Å². The summed E-state index contributed by atoms with van der Waals surface area (Å²) in [6.45, 7) is 4.01. The van der Waals surface area contributed by atoms with Crippen molar-refractivity contribution in [3.63, 3.8) is 0 Å². The molecule has 5 rings (SSSR count). The Labute approximate surface area is 147 Å². The van der Waals surface area contributed by atoms with E-state index in [0.717, 1.165) is 17.8 Å². The average molecular weight is 350 g/mol. The zero-order chi connectivity index (χ0) is 16.7. The van der Waals surface area contributed by atoms with Crippen LogP contribution < -0.4 is 5.32 Å². The molecule has 1 aromatic heterocycles. The van der Waals surface area contributed by atoms with Gasteiger partial charge in [-0.1, -0.05) is 5.16 Å². The molecule has 0 aromatic carbocycles. The SMILES string of the molecule is Cc1nc(CSCC(=O)N[C@H](C)C23CC4CC(CC(C4)C2)C3)no1. The smallest absolute Gasteiger partial charge is 0.230 e. The summed E-state index contributed by atoms with van der Waals surface area (Å²) in [6.07, 6.45) is 8.32. The molecule has 6 heteroatoms. The summed E-state index contributed by atoms with van der Waals surface area (Å²) in [7, 11) is 0. The van der Waals surface area contributed by atoms with Crippen molar-refractivity contribution >= 4 is 17.7 Å². The van der Waals surface area contributed by atoms with Crippen molar-refractivity contribution in [2.24, 2.45) is 23.2 Å². The monoisotopic (exact) mass is 349 g/mol. The third-order valence-corrected chi connectivity index (χ3v) is 7.34. The topological polar surface area (TPSA) is 68.0 Å². The highest BCUT2D eigenvalue weighted by molar-refractivity contribution is 7.99. The summed E-state index contributed by atoms with van der Waals surface area (Å²) in [5.41, 5.74) is 0.375. The van der Waals surface area contributed by atoms with Crippen LogP contribution in [0.5, 0.6) is 0 Å². The fraction of sp³-hybridized carbons (Fsp3) is 0.833. The number of hydrogen-bond acceptors (Lipinski definition) is 5. The minimum atomic E-state index is 0.142. The summed E-state index contributed by atoms with van der Waals surface area (Å²) in [5, 5.41) is 7.17. The van der Waals surface area contributed by atoms with Gasteiger partial charge in [0, 0.05) is 13.0 Å². The number of aryl methyl sites for hydroxylation is 1. The van der Waals surface area contributed by atoms with Gasteiger partial charge in [-0.3, -0.25) is 4.79 Å². The lowest BCUT2D eigenvalue weighted by molar-refractivity contribution is -0.123. The van der Waals surface area contributed by atoms with Gasteiger partial charge >= 0.3 is 0 Å².